The zero-order valence-corrected chi connectivity index (χ0v) is 11.9. The quantitative estimate of drug-likeness (QED) is 0.790. The molecule has 98 valence electrons. The van der Waals surface area contributed by atoms with Crippen LogP contribution in [0.4, 0.5) is 5.82 Å². The van der Waals surface area contributed by atoms with Crippen LogP contribution in [0.2, 0.25) is 0 Å². The van der Waals surface area contributed by atoms with E-state index >= 15 is 0 Å². The molecule has 0 aromatic carbocycles. The Morgan fingerprint density at radius 1 is 1.33 bits per heavy atom. The molecule has 1 fully saturated rings. The molecule has 0 spiro atoms. The van der Waals surface area contributed by atoms with Crippen molar-refractivity contribution in [3.63, 3.8) is 0 Å². The summed E-state index contributed by atoms with van der Waals surface area (Å²) in [5.41, 5.74) is 2.60. The van der Waals surface area contributed by atoms with E-state index in [1.807, 2.05) is 0 Å². The minimum atomic E-state index is -0.0710. The largest absolute Gasteiger partial charge is 0.370 e. The maximum absolute atomic E-state index is 5.95. The molecule has 3 heterocycles. The molecule has 4 heteroatoms. The average molecular weight is 264 g/mol. The first-order valence-electron chi connectivity index (χ1n) is 6.69. The molecule has 1 aromatic rings. The van der Waals surface area contributed by atoms with Crippen LogP contribution in [0.15, 0.2) is 6.07 Å². The van der Waals surface area contributed by atoms with E-state index in [4.69, 9.17) is 17.0 Å². The van der Waals surface area contributed by atoms with Gasteiger partial charge in [-0.15, -0.1) is 0 Å². The third-order valence-corrected chi connectivity index (χ3v) is 4.09. The van der Waals surface area contributed by atoms with Gasteiger partial charge in [0, 0.05) is 25.1 Å². The lowest BCUT2D eigenvalue weighted by atomic mass is 9.92. The maximum atomic E-state index is 5.95. The lowest BCUT2D eigenvalue weighted by Crippen LogP contribution is -2.33. The Morgan fingerprint density at radius 2 is 2.06 bits per heavy atom. The molecule has 0 amide bonds. The molecule has 0 radical (unpaired) electrons. The number of nitrogens with zero attached hydrogens (tertiary/aromatic N) is 1. The highest BCUT2D eigenvalue weighted by atomic mass is 32.1. The van der Waals surface area contributed by atoms with Crippen LogP contribution < -0.4 is 4.90 Å². The summed E-state index contributed by atoms with van der Waals surface area (Å²) in [4.78, 5) is 5.78. The molecule has 1 aromatic heterocycles. The zero-order valence-electron chi connectivity index (χ0n) is 11.1. The van der Waals surface area contributed by atoms with Crippen LogP contribution in [0.25, 0.3) is 0 Å². The van der Waals surface area contributed by atoms with Crippen LogP contribution in [0, 0.1) is 4.64 Å². The summed E-state index contributed by atoms with van der Waals surface area (Å²) in [7, 11) is 0. The maximum Gasteiger partial charge on any atom is 0.112 e. The van der Waals surface area contributed by atoms with Crippen molar-refractivity contribution in [2.75, 3.05) is 18.0 Å². The number of aromatic amines is 1. The molecule has 1 N–H and O–H groups in total. The number of anilines is 1. The molecule has 2 aliphatic heterocycles. The van der Waals surface area contributed by atoms with E-state index in [9.17, 15) is 0 Å². The van der Waals surface area contributed by atoms with Crippen molar-refractivity contribution >= 4 is 18.0 Å². The number of aromatic nitrogens is 1. The summed E-state index contributed by atoms with van der Waals surface area (Å²) in [6.07, 6.45) is 3.49. The zero-order chi connectivity index (χ0) is 12.8. The molecule has 3 nitrogen and oxygen atoms in total. The second-order valence-corrected chi connectivity index (χ2v) is 6.35. The first-order chi connectivity index (χ1) is 8.55. The Bertz CT molecular complexity index is 515. The van der Waals surface area contributed by atoms with Gasteiger partial charge < -0.3 is 14.6 Å². The van der Waals surface area contributed by atoms with Gasteiger partial charge in [0.05, 0.1) is 12.2 Å². The van der Waals surface area contributed by atoms with E-state index in [0.29, 0.717) is 6.61 Å². The van der Waals surface area contributed by atoms with E-state index in [1.54, 1.807) is 0 Å². The lowest BCUT2D eigenvalue weighted by molar-refractivity contribution is -0.0400. The molecule has 1 saturated heterocycles. The molecule has 0 atom stereocenters. The molecular formula is C14H20N2OS. The van der Waals surface area contributed by atoms with Crippen molar-refractivity contribution in [3.05, 3.63) is 21.8 Å². The number of nitrogens with one attached hydrogen (secondary N) is 1. The van der Waals surface area contributed by atoms with E-state index in [0.717, 1.165) is 24.2 Å². The molecule has 0 bridgehead atoms. The van der Waals surface area contributed by atoms with Gasteiger partial charge in [-0.1, -0.05) is 12.2 Å². The predicted molar refractivity (Wildman–Crippen MR) is 75.6 cm³/mol. The van der Waals surface area contributed by atoms with Gasteiger partial charge in [0.1, 0.15) is 10.5 Å². The molecule has 2 aliphatic rings. The molecule has 0 saturated carbocycles. The first-order valence-corrected chi connectivity index (χ1v) is 7.10. The van der Waals surface area contributed by atoms with Crippen LogP contribution in [-0.2, 0) is 17.8 Å². The number of pyridine rings is 1. The molecule has 0 unspecified atom stereocenters. The van der Waals surface area contributed by atoms with Crippen LogP contribution in [0.3, 0.4) is 0 Å². The first kappa shape index (κ1) is 12.2. The number of hydrogen-bond acceptors (Lipinski definition) is 3. The van der Waals surface area contributed by atoms with Crippen LogP contribution >= 0.6 is 12.2 Å². The van der Waals surface area contributed by atoms with E-state index in [1.165, 1.54) is 29.8 Å². The number of rotatable bonds is 1. The van der Waals surface area contributed by atoms with Crippen LogP contribution in [-0.4, -0.2) is 23.7 Å². The molecule has 0 aliphatic carbocycles. The Balaban J connectivity index is 2.05. The second-order valence-electron chi connectivity index (χ2n) is 5.91. The summed E-state index contributed by atoms with van der Waals surface area (Å²) in [5, 5.41) is 0. The van der Waals surface area contributed by atoms with Gasteiger partial charge in [-0.25, -0.2) is 0 Å². The summed E-state index contributed by atoms with van der Waals surface area (Å²) in [5.74, 6) is 1.20. The fourth-order valence-electron chi connectivity index (χ4n) is 2.93. The van der Waals surface area contributed by atoms with Crippen molar-refractivity contribution in [2.45, 2.75) is 45.3 Å². The summed E-state index contributed by atoms with van der Waals surface area (Å²) < 4.78 is 6.79. The van der Waals surface area contributed by atoms with Gasteiger partial charge in [0.15, 0.2) is 0 Å². The van der Waals surface area contributed by atoms with E-state index in [2.05, 4.69) is 29.8 Å². The molecule has 18 heavy (non-hydrogen) atoms. The van der Waals surface area contributed by atoms with Crippen molar-refractivity contribution in [1.29, 1.82) is 0 Å². The van der Waals surface area contributed by atoms with E-state index in [-0.39, 0.29) is 5.60 Å². The van der Waals surface area contributed by atoms with Crippen molar-refractivity contribution in [2.24, 2.45) is 0 Å². The Kier molecular flexibility index (Phi) is 2.94. The molecule has 3 rings (SSSR count). The Morgan fingerprint density at radius 3 is 2.78 bits per heavy atom. The van der Waals surface area contributed by atoms with Gasteiger partial charge >= 0.3 is 0 Å². The number of ether oxygens (including phenoxy) is 1. The summed E-state index contributed by atoms with van der Waals surface area (Å²) >= 11 is 5.37. The Labute approximate surface area is 113 Å². The third kappa shape index (κ3) is 2.19. The van der Waals surface area contributed by atoms with Gasteiger partial charge in [0.25, 0.3) is 0 Å². The third-order valence-electron chi connectivity index (χ3n) is 3.87. The van der Waals surface area contributed by atoms with Crippen molar-refractivity contribution in [3.8, 4) is 0 Å². The Hall–Kier alpha value is -0.870. The normalized spacial score (nSPS) is 22.0. The molecular weight excluding hydrogens is 244 g/mol. The van der Waals surface area contributed by atoms with Gasteiger partial charge in [0.2, 0.25) is 0 Å². The highest BCUT2D eigenvalue weighted by molar-refractivity contribution is 7.71. The van der Waals surface area contributed by atoms with Gasteiger partial charge in [-0.3, -0.25) is 0 Å². The highest BCUT2D eigenvalue weighted by Gasteiger charge is 2.29. The van der Waals surface area contributed by atoms with Crippen molar-refractivity contribution < 1.29 is 4.74 Å². The average Bonchev–Trinajstić information content (AvgIpc) is 2.79. The predicted octanol–water partition coefficient (Wildman–Crippen LogP) is 3.20. The standard InChI is InChI=1S/C14H20N2OS/c1-14(2)8-10-7-12(18)15-13(11(10)9-17-14)16-5-3-4-6-16/h7H,3-6,8-9H2,1-2H3,(H,15,18). The second kappa shape index (κ2) is 4.35. The SMILES string of the molecule is CC1(C)Cc2cc(=S)[nH]c(N3CCCC3)c2CO1. The van der Waals surface area contributed by atoms with Gasteiger partial charge in [-0.2, -0.15) is 0 Å². The van der Waals surface area contributed by atoms with E-state index < -0.39 is 0 Å². The summed E-state index contributed by atoms with van der Waals surface area (Å²) in [6.45, 7) is 7.24. The lowest BCUT2D eigenvalue weighted by Gasteiger charge is -2.34. The smallest absolute Gasteiger partial charge is 0.112 e. The number of H-pyrrole nitrogens is 1. The monoisotopic (exact) mass is 264 g/mol. The fraction of sp³-hybridized carbons (Fsp3) is 0.643. The number of fused-ring (bicyclic) bond motifs is 1. The van der Waals surface area contributed by atoms with Crippen LogP contribution in [0.1, 0.15) is 37.8 Å². The number of hydrogen-bond donors (Lipinski definition) is 1. The van der Waals surface area contributed by atoms with Crippen molar-refractivity contribution in [1.82, 2.24) is 4.98 Å². The highest BCUT2D eigenvalue weighted by Crippen LogP contribution is 2.33. The van der Waals surface area contributed by atoms with Gasteiger partial charge in [-0.05, 0) is 38.3 Å². The minimum Gasteiger partial charge on any atom is -0.370 e. The topological polar surface area (TPSA) is 28.3 Å². The fourth-order valence-corrected chi connectivity index (χ4v) is 3.17. The summed E-state index contributed by atoms with van der Waals surface area (Å²) in [6, 6.07) is 2.11. The minimum absolute atomic E-state index is 0.0710. The van der Waals surface area contributed by atoms with Crippen LogP contribution in [0.5, 0.6) is 0 Å².